The molecule has 0 spiro atoms. The fourth-order valence-electron chi connectivity index (χ4n) is 3.92. The topological polar surface area (TPSA) is 46.5 Å². The Morgan fingerprint density at radius 3 is 2.50 bits per heavy atom. The fraction of sp³-hybridized carbons (Fsp3) is 0.107. The fourth-order valence-corrected chi connectivity index (χ4v) is 4.03. The van der Waals surface area contributed by atoms with Crippen molar-refractivity contribution in [1.29, 1.82) is 0 Å². The third-order valence-corrected chi connectivity index (χ3v) is 5.41. The van der Waals surface area contributed by atoms with Gasteiger partial charge in [-0.3, -0.25) is 0 Å². The van der Waals surface area contributed by atoms with E-state index in [1.807, 2.05) is 61.5 Å². The van der Waals surface area contributed by atoms with Crippen molar-refractivity contribution in [3.05, 3.63) is 107 Å². The summed E-state index contributed by atoms with van der Waals surface area (Å²) >= 11 is 6.15. The summed E-state index contributed by atoms with van der Waals surface area (Å²) in [5.41, 5.74) is 5.19. The summed E-state index contributed by atoms with van der Waals surface area (Å²) in [5, 5.41) is 12.1. The van der Waals surface area contributed by atoms with Crippen molar-refractivity contribution in [1.82, 2.24) is 0 Å². The van der Waals surface area contributed by atoms with Gasteiger partial charge in [0, 0.05) is 11.5 Å². The van der Waals surface area contributed by atoms with Gasteiger partial charge in [-0.1, -0.05) is 84.4 Å². The molecule has 0 saturated heterocycles. The highest BCUT2D eigenvalue weighted by Gasteiger charge is 2.12. The summed E-state index contributed by atoms with van der Waals surface area (Å²) in [5.74, 6) is -0.427. The van der Waals surface area contributed by atoms with E-state index >= 15 is 0 Å². The second-order valence-corrected chi connectivity index (χ2v) is 8.23. The van der Waals surface area contributed by atoms with Crippen LogP contribution < -0.4 is 4.74 Å². The van der Waals surface area contributed by atoms with Gasteiger partial charge in [0.2, 0.25) is 0 Å². The number of aliphatic carboxylic acids is 1. The smallest absolute Gasteiger partial charge is 0.341 e. The largest absolute Gasteiger partial charge is 0.482 e. The summed E-state index contributed by atoms with van der Waals surface area (Å²) in [6, 6.07) is 28.4. The molecule has 32 heavy (non-hydrogen) atoms. The number of carboxylic acid groups (broad SMARTS) is 1. The Labute approximate surface area is 192 Å². The summed E-state index contributed by atoms with van der Waals surface area (Å²) in [6.07, 6.45) is 2.56. The lowest BCUT2D eigenvalue weighted by Crippen LogP contribution is -2.10. The zero-order valence-corrected chi connectivity index (χ0v) is 18.5. The molecule has 0 aliphatic rings. The molecule has 4 aromatic rings. The highest BCUT2D eigenvalue weighted by atomic mass is 35.5. The van der Waals surface area contributed by atoms with Gasteiger partial charge in [-0.15, -0.1) is 0 Å². The minimum Gasteiger partial charge on any atom is -0.482 e. The standard InChI is InChI=1S/C28H23ClO3/c1-19(29)15-21-8-3-5-12-26(21)23-13-14-27(32-18-28(30)31)24(17-23)16-22-10-6-9-20-7-2-4-11-25(20)22/h2-15,17H,16,18H2,1H3,(H,30,31)/b19-15-. The van der Waals surface area contributed by atoms with Crippen LogP contribution in [0.15, 0.2) is 90.0 Å². The molecule has 160 valence electrons. The molecule has 0 aliphatic carbocycles. The molecule has 0 unspecified atom stereocenters. The molecule has 0 fully saturated rings. The van der Waals surface area contributed by atoms with Crippen molar-refractivity contribution >= 4 is 34.4 Å². The maximum absolute atomic E-state index is 11.1. The van der Waals surface area contributed by atoms with E-state index in [4.69, 9.17) is 21.4 Å². The molecule has 4 rings (SSSR count). The number of carboxylic acids is 1. The molecule has 0 atom stereocenters. The number of hydrogen-bond acceptors (Lipinski definition) is 2. The number of halogens is 1. The summed E-state index contributed by atoms with van der Waals surface area (Å²) < 4.78 is 5.64. The average Bonchev–Trinajstić information content (AvgIpc) is 2.78. The zero-order chi connectivity index (χ0) is 22.5. The van der Waals surface area contributed by atoms with Gasteiger partial charge < -0.3 is 9.84 Å². The van der Waals surface area contributed by atoms with Crippen molar-refractivity contribution in [3.63, 3.8) is 0 Å². The van der Waals surface area contributed by atoms with Gasteiger partial charge in [0.25, 0.3) is 0 Å². The van der Waals surface area contributed by atoms with Gasteiger partial charge in [0.15, 0.2) is 6.61 Å². The van der Waals surface area contributed by atoms with E-state index in [-0.39, 0.29) is 6.61 Å². The van der Waals surface area contributed by atoms with Gasteiger partial charge in [-0.25, -0.2) is 4.79 Å². The van der Waals surface area contributed by atoms with Gasteiger partial charge >= 0.3 is 5.97 Å². The van der Waals surface area contributed by atoms with E-state index < -0.39 is 5.97 Å². The van der Waals surface area contributed by atoms with E-state index in [0.29, 0.717) is 17.2 Å². The van der Waals surface area contributed by atoms with E-state index in [2.05, 4.69) is 36.4 Å². The van der Waals surface area contributed by atoms with Crippen LogP contribution in [0.2, 0.25) is 0 Å². The second-order valence-electron chi connectivity index (χ2n) is 7.64. The van der Waals surface area contributed by atoms with Crippen molar-refractivity contribution in [2.75, 3.05) is 6.61 Å². The van der Waals surface area contributed by atoms with Crippen LogP contribution in [0.1, 0.15) is 23.6 Å². The Morgan fingerprint density at radius 1 is 0.938 bits per heavy atom. The van der Waals surface area contributed by atoms with Crippen LogP contribution in [0.3, 0.4) is 0 Å². The Kier molecular flexibility index (Phi) is 6.58. The molecule has 0 saturated carbocycles. The van der Waals surface area contributed by atoms with E-state index in [1.165, 1.54) is 10.8 Å². The Hall–Kier alpha value is -3.56. The first-order chi connectivity index (χ1) is 15.5. The molecule has 0 amide bonds. The highest BCUT2D eigenvalue weighted by molar-refractivity contribution is 6.31. The summed E-state index contributed by atoms with van der Waals surface area (Å²) in [6.45, 7) is 1.47. The number of benzene rings is 4. The predicted octanol–water partition coefficient (Wildman–Crippen LogP) is 7.16. The molecular weight excluding hydrogens is 420 g/mol. The number of ether oxygens (including phenoxy) is 1. The van der Waals surface area contributed by atoms with Gasteiger partial charge in [0.05, 0.1) is 0 Å². The van der Waals surface area contributed by atoms with Crippen LogP contribution >= 0.6 is 11.6 Å². The number of rotatable bonds is 7. The minimum absolute atomic E-state index is 0.382. The van der Waals surface area contributed by atoms with Crippen molar-refractivity contribution in [2.24, 2.45) is 0 Å². The van der Waals surface area contributed by atoms with E-state index in [1.54, 1.807) is 0 Å². The zero-order valence-electron chi connectivity index (χ0n) is 17.7. The quantitative estimate of drug-likeness (QED) is 0.330. The molecule has 0 aromatic heterocycles. The molecule has 0 heterocycles. The van der Waals surface area contributed by atoms with Gasteiger partial charge in [-0.2, -0.15) is 0 Å². The van der Waals surface area contributed by atoms with Crippen LogP contribution in [-0.4, -0.2) is 17.7 Å². The van der Waals surface area contributed by atoms with Crippen molar-refractivity contribution < 1.29 is 14.6 Å². The van der Waals surface area contributed by atoms with Crippen LogP contribution in [0.4, 0.5) is 0 Å². The molecule has 0 bridgehead atoms. The lowest BCUT2D eigenvalue weighted by atomic mass is 9.93. The Bertz CT molecular complexity index is 1300. The maximum Gasteiger partial charge on any atom is 0.341 e. The lowest BCUT2D eigenvalue weighted by Gasteiger charge is -2.15. The van der Waals surface area contributed by atoms with Gasteiger partial charge in [-0.05, 0) is 63.7 Å². The molecule has 0 aliphatic heterocycles. The number of allylic oxidation sites excluding steroid dienone is 1. The average molecular weight is 443 g/mol. The Morgan fingerprint density at radius 2 is 1.69 bits per heavy atom. The number of hydrogen-bond donors (Lipinski definition) is 1. The SMILES string of the molecule is C/C(Cl)=C/c1ccccc1-c1ccc(OCC(=O)O)c(Cc2cccc3ccccc23)c1. The third-order valence-electron chi connectivity index (χ3n) is 5.30. The summed E-state index contributed by atoms with van der Waals surface area (Å²) in [4.78, 5) is 11.1. The van der Waals surface area contributed by atoms with E-state index in [0.717, 1.165) is 27.8 Å². The van der Waals surface area contributed by atoms with E-state index in [9.17, 15) is 4.79 Å². The minimum atomic E-state index is -1.00. The predicted molar refractivity (Wildman–Crippen MR) is 131 cm³/mol. The highest BCUT2D eigenvalue weighted by Crippen LogP contribution is 2.33. The van der Waals surface area contributed by atoms with Crippen molar-refractivity contribution in [2.45, 2.75) is 13.3 Å². The first-order valence-electron chi connectivity index (χ1n) is 10.4. The first kappa shape index (κ1) is 21.7. The monoisotopic (exact) mass is 442 g/mol. The van der Waals surface area contributed by atoms with Gasteiger partial charge in [0.1, 0.15) is 5.75 Å². The first-order valence-corrected chi connectivity index (χ1v) is 10.8. The molecule has 4 aromatic carbocycles. The molecule has 3 nitrogen and oxygen atoms in total. The molecule has 1 N–H and O–H groups in total. The normalized spacial score (nSPS) is 11.5. The number of carbonyl (C=O) groups is 1. The van der Waals surface area contributed by atoms with Crippen molar-refractivity contribution in [3.8, 4) is 16.9 Å². The van der Waals surface area contributed by atoms with Crippen LogP contribution in [0, 0.1) is 0 Å². The molecule has 4 heteroatoms. The lowest BCUT2D eigenvalue weighted by molar-refractivity contribution is -0.139. The summed E-state index contributed by atoms with van der Waals surface area (Å²) in [7, 11) is 0. The third kappa shape index (κ3) is 5.01. The second kappa shape index (κ2) is 9.71. The molecular formula is C28H23ClO3. The maximum atomic E-state index is 11.1. The van der Waals surface area contributed by atoms with Crippen LogP contribution in [0.25, 0.3) is 28.0 Å². The number of fused-ring (bicyclic) bond motifs is 1. The Balaban J connectivity index is 1.81. The van der Waals surface area contributed by atoms with Crippen LogP contribution in [0.5, 0.6) is 5.75 Å². The van der Waals surface area contributed by atoms with Crippen LogP contribution in [-0.2, 0) is 11.2 Å². The molecule has 0 radical (unpaired) electrons.